The molecule has 0 atom stereocenters. The number of nitrogens with one attached hydrogen (secondary N) is 2. The number of nitrogens with zero attached hydrogens (tertiary/aromatic N) is 2. The highest BCUT2D eigenvalue weighted by molar-refractivity contribution is 5.79. The highest BCUT2D eigenvalue weighted by Crippen LogP contribution is 2.23. The molecule has 0 radical (unpaired) electrons. The molecule has 2 rings (SSSR count). The van der Waals surface area contributed by atoms with Gasteiger partial charge in [-0.15, -0.1) is 0 Å². The van der Waals surface area contributed by atoms with Crippen LogP contribution < -0.4 is 10.6 Å². The molecule has 1 saturated carbocycles. The van der Waals surface area contributed by atoms with E-state index >= 15 is 0 Å². The minimum absolute atomic E-state index is 0.607. The molecule has 5 heteroatoms. The van der Waals surface area contributed by atoms with Crippen LogP contribution in [0.2, 0.25) is 0 Å². The van der Waals surface area contributed by atoms with Crippen LogP contribution in [0.5, 0.6) is 0 Å². The third-order valence-electron chi connectivity index (χ3n) is 4.88. The summed E-state index contributed by atoms with van der Waals surface area (Å²) in [5, 5.41) is 7.04. The Morgan fingerprint density at radius 3 is 2.55 bits per heavy atom. The molecule has 1 aliphatic heterocycles. The smallest absolute Gasteiger partial charge is 0.191 e. The fourth-order valence-electron chi connectivity index (χ4n) is 3.28. The molecule has 1 saturated heterocycles. The van der Waals surface area contributed by atoms with Crippen molar-refractivity contribution in [2.75, 3.05) is 46.4 Å². The van der Waals surface area contributed by atoms with Crippen molar-refractivity contribution in [3.8, 4) is 0 Å². The lowest BCUT2D eigenvalue weighted by Gasteiger charge is -2.28. The first-order valence-corrected chi connectivity index (χ1v) is 9.05. The highest BCUT2D eigenvalue weighted by atomic mass is 16.5. The van der Waals surface area contributed by atoms with E-state index in [9.17, 15) is 0 Å². The van der Waals surface area contributed by atoms with E-state index in [-0.39, 0.29) is 0 Å². The third-order valence-corrected chi connectivity index (χ3v) is 4.88. The van der Waals surface area contributed by atoms with Gasteiger partial charge in [0.15, 0.2) is 5.96 Å². The average molecular weight is 310 g/mol. The number of hydrogen-bond donors (Lipinski definition) is 2. The summed E-state index contributed by atoms with van der Waals surface area (Å²) >= 11 is 0. The molecule has 0 unspecified atom stereocenters. The zero-order chi connectivity index (χ0) is 15.6. The normalized spacial score (nSPS) is 27.6. The molecule has 22 heavy (non-hydrogen) atoms. The van der Waals surface area contributed by atoms with Crippen LogP contribution in [0.15, 0.2) is 4.99 Å². The molecule has 2 aliphatic rings. The quantitative estimate of drug-likeness (QED) is 0.446. The van der Waals surface area contributed by atoms with Crippen molar-refractivity contribution in [1.29, 1.82) is 0 Å². The molecule has 1 heterocycles. The third kappa shape index (κ3) is 6.53. The summed E-state index contributed by atoms with van der Waals surface area (Å²) in [6.07, 6.45) is 7.67. The average Bonchev–Trinajstić information content (AvgIpc) is 2.56. The Labute approximate surface area is 135 Å². The van der Waals surface area contributed by atoms with Crippen molar-refractivity contribution < 1.29 is 4.74 Å². The van der Waals surface area contributed by atoms with Gasteiger partial charge < -0.3 is 15.4 Å². The monoisotopic (exact) mass is 310 g/mol. The summed E-state index contributed by atoms with van der Waals surface area (Å²) in [5.41, 5.74) is 0. The summed E-state index contributed by atoms with van der Waals surface area (Å²) in [6.45, 7) is 8.54. The van der Waals surface area contributed by atoms with Crippen LogP contribution in [0.25, 0.3) is 0 Å². The van der Waals surface area contributed by atoms with Crippen LogP contribution in [0.4, 0.5) is 0 Å². The van der Waals surface area contributed by atoms with Gasteiger partial charge in [-0.2, -0.15) is 0 Å². The second kappa shape index (κ2) is 10.1. The lowest BCUT2D eigenvalue weighted by atomic mass is 9.87. The predicted molar refractivity (Wildman–Crippen MR) is 92.4 cm³/mol. The molecule has 0 aromatic rings. The van der Waals surface area contributed by atoms with Gasteiger partial charge in [-0.1, -0.05) is 6.92 Å². The molecule has 5 nitrogen and oxygen atoms in total. The summed E-state index contributed by atoms with van der Waals surface area (Å²) in [5.74, 6) is 1.87. The van der Waals surface area contributed by atoms with Gasteiger partial charge in [0, 0.05) is 32.7 Å². The Hall–Kier alpha value is -0.810. The van der Waals surface area contributed by atoms with E-state index in [1.807, 2.05) is 7.05 Å². The van der Waals surface area contributed by atoms with Crippen molar-refractivity contribution >= 4 is 5.96 Å². The Bertz CT molecular complexity index is 321. The molecule has 128 valence electrons. The van der Waals surface area contributed by atoms with Crippen molar-refractivity contribution in [2.45, 2.75) is 51.5 Å². The van der Waals surface area contributed by atoms with Crippen molar-refractivity contribution in [2.24, 2.45) is 10.9 Å². The van der Waals surface area contributed by atoms with Crippen LogP contribution in [0.1, 0.15) is 45.4 Å². The Morgan fingerprint density at radius 1 is 1.14 bits per heavy atom. The number of guanidine groups is 1. The Morgan fingerprint density at radius 2 is 1.86 bits per heavy atom. The van der Waals surface area contributed by atoms with Crippen molar-refractivity contribution in [1.82, 2.24) is 15.5 Å². The minimum Gasteiger partial charge on any atom is -0.379 e. The van der Waals surface area contributed by atoms with E-state index in [4.69, 9.17) is 4.74 Å². The molecule has 0 aromatic heterocycles. The second-order valence-corrected chi connectivity index (χ2v) is 6.76. The standard InChI is InChI=1S/C17H34N4O/c1-15-5-7-16(8-6-15)20-17(18-2)19-9-3-4-10-21-11-13-22-14-12-21/h15-16H,3-14H2,1-2H3,(H2,18,19,20). The summed E-state index contributed by atoms with van der Waals surface area (Å²) in [4.78, 5) is 6.86. The zero-order valence-corrected chi connectivity index (χ0v) is 14.4. The lowest BCUT2D eigenvalue weighted by molar-refractivity contribution is 0.0372. The van der Waals surface area contributed by atoms with Gasteiger partial charge in [-0.3, -0.25) is 9.89 Å². The lowest BCUT2D eigenvalue weighted by Crippen LogP contribution is -2.45. The maximum absolute atomic E-state index is 5.37. The molecule has 0 aromatic carbocycles. The fourth-order valence-corrected chi connectivity index (χ4v) is 3.28. The highest BCUT2D eigenvalue weighted by Gasteiger charge is 2.18. The van der Waals surface area contributed by atoms with E-state index < -0.39 is 0 Å². The molecule has 0 bridgehead atoms. The van der Waals surface area contributed by atoms with Crippen LogP contribution in [-0.2, 0) is 4.74 Å². The molecule has 2 N–H and O–H groups in total. The number of ether oxygens (including phenoxy) is 1. The number of unbranched alkanes of at least 4 members (excludes halogenated alkanes) is 1. The first-order chi connectivity index (χ1) is 10.8. The van der Waals surface area contributed by atoms with Gasteiger partial charge in [0.05, 0.1) is 13.2 Å². The van der Waals surface area contributed by atoms with E-state index in [2.05, 4.69) is 27.4 Å². The molecule has 0 amide bonds. The van der Waals surface area contributed by atoms with Crippen molar-refractivity contribution in [3.63, 3.8) is 0 Å². The van der Waals surface area contributed by atoms with Crippen LogP contribution in [0, 0.1) is 5.92 Å². The van der Waals surface area contributed by atoms with Crippen LogP contribution >= 0.6 is 0 Å². The molecule has 2 fully saturated rings. The van der Waals surface area contributed by atoms with Crippen LogP contribution in [0.3, 0.4) is 0 Å². The molecule has 0 spiro atoms. The Kier molecular flexibility index (Phi) is 8.02. The van der Waals surface area contributed by atoms with Gasteiger partial charge in [-0.05, 0) is 51.0 Å². The van der Waals surface area contributed by atoms with Crippen molar-refractivity contribution in [3.05, 3.63) is 0 Å². The summed E-state index contributed by atoms with van der Waals surface area (Å²) < 4.78 is 5.37. The maximum atomic E-state index is 5.37. The van der Waals surface area contributed by atoms with E-state index in [1.54, 1.807) is 0 Å². The summed E-state index contributed by atoms with van der Waals surface area (Å²) in [7, 11) is 1.87. The minimum atomic E-state index is 0.607. The maximum Gasteiger partial charge on any atom is 0.191 e. The van der Waals surface area contributed by atoms with Gasteiger partial charge in [0.2, 0.25) is 0 Å². The van der Waals surface area contributed by atoms with E-state index in [1.165, 1.54) is 45.1 Å². The number of hydrogen-bond acceptors (Lipinski definition) is 3. The zero-order valence-electron chi connectivity index (χ0n) is 14.4. The second-order valence-electron chi connectivity index (χ2n) is 6.76. The first-order valence-electron chi connectivity index (χ1n) is 9.05. The van der Waals surface area contributed by atoms with Gasteiger partial charge in [0.1, 0.15) is 0 Å². The predicted octanol–water partition coefficient (Wildman–Crippen LogP) is 1.84. The van der Waals surface area contributed by atoms with E-state index in [0.29, 0.717) is 6.04 Å². The van der Waals surface area contributed by atoms with Crippen LogP contribution in [-0.4, -0.2) is 63.3 Å². The molecular weight excluding hydrogens is 276 g/mol. The topological polar surface area (TPSA) is 48.9 Å². The molecular formula is C17H34N4O. The number of aliphatic imine (C=N–C) groups is 1. The van der Waals surface area contributed by atoms with E-state index in [0.717, 1.165) is 44.7 Å². The largest absolute Gasteiger partial charge is 0.379 e. The first kappa shape index (κ1) is 17.5. The fraction of sp³-hybridized carbons (Fsp3) is 0.941. The van der Waals surface area contributed by atoms with Gasteiger partial charge in [0.25, 0.3) is 0 Å². The number of rotatable bonds is 6. The molecule has 1 aliphatic carbocycles. The Balaban J connectivity index is 1.52. The van der Waals surface area contributed by atoms with Gasteiger partial charge >= 0.3 is 0 Å². The SMILES string of the molecule is CN=C(NCCCCN1CCOCC1)NC1CCC(C)CC1. The number of morpholine rings is 1. The van der Waals surface area contributed by atoms with Gasteiger partial charge in [-0.25, -0.2) is 0 Å². The summed E-state index contributed by atoms with van der Waals surface area (Å²) in [6, 6.07) is 0.607.